The van der Waals surface area contributed by atoms with Crippen molar-refractivity contribution in [1.29, 1.82) is 0 Å². The van der Waals surface area contributed by atoms with E-state index in [1.807, 2.05) is 0 Å². The Morgan fingerprint density at radius 2 is 2.00 bits per heavy atom. The molecule has 0 radical (unpaired) electrons. The van der Waals surface area contributed by atoms with Crippen molar-refractivity contribution in [3.05, 3.63) is 29.3 Å². The van der Waals surface area contributed by atoms with E-state index in [1.165, 1.54) is 13.0 Å². The van der Waals surface area contributed by atoms with Gasteiger partial charge in [0.05, 0.1) is 0 Å². The first-order chi connectivity index (χ1) is 6.79. The Labute approximate surface area is 88.6 Å². The minimum atomic E-state index is -4.74. The summed E-state index contributed by atoms with van der Waals surface area (Å²) in [5, 5.41) is -0.717. The van der Waals surface area contributed by atoms with Crippen molar-refractivity contribution in [2.45, 2.75) is 13.3 Å². The number of alkyl halides is 3. The number of benzene rings is 1. The van der Waals surface area contributed by atoms with Crippen molar-refractivity contribution >= 4 is 16.8 Å². The van der Waals surface area contributed by atoms with Crippen LogP contribution in [0.5, 0.6) is 5.75 Å². The summed E-state index contributed by atoms with van der Waals surface area (Å²) in [4.78, 5) is 10.8. The molecule has 0 aliphatic rings. The van der Waals surface area contributed by atoms with Crippen molar-refractivity contribution in [3.8, 4) is 5.75 Å². The average Bonchev–Trinajstić information content (AvgIpc) is 1.99. The third-order valence-corrected chi connectivity index (χ3v) is 1.85. The van der Waals surface area contributed by atoms with Gasteiger partial charge in [0.15, 0.2) is 0 Å². The monoisotopic (exact) mass is 238 g/mol. The van der Waals surface area contributed by atoms with Crippen molar-refractivity contribution in [2.75, 3.05) is 0 Å². The van der Waals surface area contributed by atoms with Gasteiger partial charge >= 0.3 is 6.36 Å². The topological polar surface area (TPSA) is 26.3 Å². The van der Waals surface area contributed by atoms with Crippen LogP contribution in [0.1, 0.15) is 15.9 Å². The first kappa shape index (κ1) is 11.8. The van der Waals surface area contributed by atoms with Crippen LogP contribution in [0.4, 0.5) is 13.2 Å². The fourth-order valence-corrected chi connectivity index (χ4v) is 1.27. The zero-order valence-electron chi connectivity index (χ0n) is 7.56. The van der Waals surface area contributed by atoms with Crippen LogP contribution >= 0.6 is 11.6 Å². The van der Waals surface area contributed by atoms with Crippen LogP contribution < -0.4 is 4.74 Å². The minimum Gasteiger partial charge on any atom is -0.406 e. The Morgan fingerprint density at radius 1 is 1.40 bits per heavy atom. The standard InChI is InChI=1S/C9H6ClF3O2/c1-5-4-6(15-9(11,12)13)2-3-7(5)8(10)14/h2-4H,1H3. The summed E-state index contributed by atoms with van der Waals surface area (Å²) < 4.78 is 39.1. The third kappa shape index (κ3) is 3.43. The lowest BCUT2D eigenvalue weighted by atomic mass is 10.1. The summed E-state index contributed by atoms with van der Waals surface area (Å²) in [6.45, 7) is 1.47. The second kappa shape index (κ2) is 4.10. The molecule has 0 N–H and O–H groups in total. The number of carbonyl (C=O) groups excluding carboxylic acids is 1. The molecular formula is C9H6ClF3O2. The number of aryl methyl sites for hydroxylation is 1. The van der Waals surface area contributed by atoms with Crippen LogP contribution in [0, 0.1) is 6.92 Å². The van der Waals surface area contributed by atoms with Crippen molar-refractivity contribution in [2.24, 2.45) is 0 Å². The number of rotatable bonds is 2. The maximum absolute atomic E-state index is 11.8. The van der Waals surface area contributed by atoms with Crippen LogP contribution in [0.2, 0.25) is 0 Å². The number of hydrogen-bond acceptors (Lipinski definition) is 2. The first-order valence-corrected chi connectivity index (χ1v) is 4.23. The van der Waals surface area contributed by atoms with E-state index in [-0.39, 0.29) is 11.3 Å². The Balaban J connectivity index is 2.97. The molecule has 0 spiro atoms. The Kier molecular flexibility index (Phi) is 3.24. The van der Waals surface area contributed by atoms with Gasteiger partial charge in [0.2, 0.25) is 0 Å². The van der Waals surface area contributed by atoms with E-state index in [0.717, 1.165) is 12.1 Å². The lowest BCUT2D eigenvalue weighted by Crippen LogP contribution is -2.17. The van der Waals surface area contributed by atoms with E-state index in [1.54, 1.807) is 0 Å². The molecule has 1 aromatic carbocycles. The molecule has 0 saturated heterocycles. The van der Waals surface area contributed by atoms with Gasteiger partial charge < -0.3 is 4.74 Å². The smallest absolute Gasteiger partial charge is 0.406 e. The Morgan fingerprint density at radius 3 is 2.40 bits per heavy atom. The van der Waals surface area contributed by atoms with Gasteiger partial charge in [0.1, 0.15) is 5.75 Å². The molecule has 0 bridgehead atoms. The van der Waals surface area contributed by atoms with Gasteiger partial charge in [-0.1, -0.05) is 0 Å². The van der Waals surface area contributed by atoms with E-state index in [9.17, 15) is 18.0 Å². The normalized spacial score (nSPS) is 11.3. The highest BCUT2D eigenvalue weighted by atomic mass is 35.5. The zero-order valence-corrected chi connectivity index (χ0v) is 8.32. The van der Waals surface area contributed by atoms with Gasteiger partial charge in [0, 0.05) is 5.56 Å². The summed E-state index contributed by atoms with van der Waals surface area (Å²) in [5.74, 6) is -0.373. The molecular weight excluding hydrogens is 233 g/mol. The average molecular weight is 239 g/mol. The summed E-state index contributed by atoms with van der Waals surface area (Å²) in [6.07, 6.45) is -4.74. The fourth-order valence-electron chi connectivity index (χ4n) is 1.05. The molecule has 0 aliphatic carbocycles. The van der Waals surface area contributed by atoms with Gasteiger partial charge in [-0.15, -0.1) is 13.2 Å². The van der Waals surface area contributed by atoms with Gasteiger partial charge in [-0.25, -0.2) is 0 Å². The molecule has 0 amide bonds. The number of ether oxygens (including phenoxy) is 1. The zero-order chi connectivity index (χ0) is 11.6. The van der Waals surface area contributed by atoms with Crippen LogP contribution in [0.3, 0.4) is 0 Å². The molecule has 0 unspecified atom stereocenters. The summed E-state index contributed by atoms with van der Waals surface area (Å²) >= 11 is 5.19. The summed E-state index contributed by atoms with van der Waals surface area (Å²) in [7, 11) is 0. The summed E-state index contributed by atoms with van der Waals surface area (Å²) in [6, 6.07) is 3.32. The van der Waals surface area contributed by atoms with E-state index < -0.39 is 11.6 Å². The quantitative estimate of drug-likeness (QED) is 0.739. The number of hydrogen-bond donors (Lipinski definition) is 0. The molecule has 0 aliphatic heterocycles. The minimum absolute atomic E-state index is 0.159. The van der Waals surface area contributed by atoms with Crippen molar-refractivity contribution < 1.29 is 22.7 Å². The molecule has 6 heteroatoms. The molecule has 1 aromatic rings. The summed E-state index contributed by atoms with van der Waals surface area (Å²) in [5.41, 5.74) is 0.489. The molecule has 82 valence electrons. The Hall–Kier alpha value is -1.23. The molecule has 0 fully saturated rings. The highest BCUT2D eigenvalue weighted by molar-refractivity contribution is 6.67. The van der Waals surface area contributed by atoms with E-state index in [0.29, 0.717) is 5.56 Å². The molecule has 0 saturated carbocycles. The fraction of sp³-hybridized carbons (Fsp3) is 0.222. The maximum atomic E-state index is 11.8. The van der Waals surface area contributed by atoms with Crippen molar-refractivity contribution in [1.82, 2.24) is 0 Å². The highest BCUT2D eigenvalue weighted by Gasteiger charge is 2.31. The number of carbonyl (C=O) groups is 1. The molecule has 2 nitrogen and oxygen atoms in total. The molecule has 0 heterocycles. The van der Waals surface area contributed by atoms with Gasteiger partial charge in [-0.05, 0) is 42.3 Å². The predicted molar refractivity (Wildman–Crippen MR) is 48.0 cm³/mol. The maximum Gasteiger partial charge on any atom is 0.573 e. The Bertz CT molecular complexity index is 387. The third-order valence-electron chi connectivity index (χ3n) is 1.64. The molecule has 15 heavy (non-hydrogen) atoms. The molecule has 0 atom stereocenters. The SMILES string of the molecule is Cc1cc(OC(F)(F)F)ccc1C(=O)Cl. The first-order valence-electron chi connectivity index (χ1n) is 3.86. The van der Waals surface area contributed by atoms with E-state index in [4.69, 9.17) is 11.6 Å². The molecule has 1 rings (SSSR count). The molecule has 0 aromatic heterocycles. The van der Waals surface area contributed by atoms with Crippen LogP contribution in [0.15, 0.2) is 18.2 Å². The van der Waals surface area contributed by atoms with Crippen LogP contribution in [0.25, 0.3) is 0 Å². The van der Waals surface area contributed by atoms with Gasteiger partial charge in [-0.2, -0.15) is 0 Å². The largest absolute Gasteiger partial charge is 0.573 e. The van der Waals surface area contributed by atoms with Crippen LogP contribution in [-0.4, -0.2) is 11.6 Å². The van der Waals surface area contributed by atoms with E-state index >= 15 is 0 Å². The predicted octanol–water partition coefficient (Wildman–Crippen LogP) is 3.27. The van der Waals surface area contributed by atoms with E-state index in [2.05, 4.69) is 4.74 Å². The van der Waals surface area contributed by atoms with Gasteiger partial charge in [0.25, 0.3) is 5.24 Å². The second-order valence-corrected chi connectivity index (χ2v) is 3.14. The van der Waals surface area contributed by atoms with Crippen LogP contribution in [-0.2, 0) is 0 Å². The lowest BCUT2D eigenvalue weighted by Gasteiger charge is -2.10. The highest BCUT2D eigenvalue weighted by Crippen LogP contribution is 2.25. The second-order valence-electron chi connectivity index (χ2n) is 2.80. The van der Waals surface area contributed by atoms with Gasteiger partial charge in [-0.3, -0.25) is 4.79 Å². The van der Waals surface area contributed by atoms with Crippen molar-refractivity contribution in [3.63, 3.8) is 0 Å². The number of halogens is 4. The lowest BCUT2D eigenvalue weighted by molar-refractivity contribution is -0.274.